The Labute approximate surface area is 188 Å². The summed E-state index contributed by atoms with van der Waals surface area (Å²) in [5, 5.41) is 3.83. The first-order chi connectivity index (χ1) is 14.3. The number of amides is 2. The number of nitrogens with zero attached hydrogens (tertiary/aromatic N) is 1. The molecule has 2 aromatic rings. The molecule has 2 amide bonds. The highest BCUT2D eigenvalue weighted by atomic mass is 35.5. The molecule has 0 aliphatic carbocycles. The van der Waals surface area contributed by atoms with Crippen LogP contribution in [0.4, 0.5) is 0 Å². The lowest BCUT2D eigenvalue weighted by molar-refractivity contribution is -0.142. The van der Waals surface area contributed by atoms with Gasteiger partial charge in [0.05, 0.1) is 0 Å². The molecule has 30 heavy (non-hydrogen) atoms. The summed E-state index contributed by atoms with van der Waals surface area (Å²) in [5.41, 5.74) is 1.74. The van der Waals surface area contributed by atoms with Crippen LogP contribution in [-0.4, -0.2) is 35.9 Å². The summed E-state index contributed by atoms with van der Waals surface area (Å²) in [7, 11) is 0. The summed E-state index contributed by atoms with van der Waals surface area (Å²) < 4.78 is 5.67. The third kappa shape index (κ3) is 7.22. The van der Waals surface area contributed by atoms with Crippen LogP contribution >= 0.6 is 23.2 Å². The zero-order valence-corrected chi connectivity index (χ0v) is 19.1. The maximum absolute atomic E-state index is 13.0. The van der Waals surface area contributed by atoms with Crippen LogP contribution < -0.4 is 10.1 Å². The molecule has 7 heteroatoms. The first-order valence-electron chi connectivity index (χ1n) is 10.0. The lowest BCUT2D eigenvalue weighted by atomic mass is 10.1. The average Bonchev–Trinajstić information content (AvgIpc) is 2.71. The molecular weight excluding hydrogens is 423 g/mol. The van der Waals surface area contributed by atoms with Gasteiger partial charge in [-0.1, -0.05) is 54.7 Å². The Morgan fingerprint density at radius 2 is 1.93 bits per heavy atom. The van der Waals surface area contributed by atoms with Crippen LogP contribution in [0.3, 0.4) is 0 Å². The quantitative estimate of drug-likeness (QED) is 0.517. The minimum atomic E-state index is -0.679. The van der Waals surface area contributed by atoms with Gasteiger partial charge < -0.3 is 15.0 Å². The van der Waals surface area contributed by atoms with Crippen molar-refractivity contribution in [2.75, 3.05) is 13.2 Å². The summed E-state index contributed by atoms with van der Waals surface area (Å²) in [4.78, 5) is 27.1. The fourth-order valence-electron chi connectivity index (χ4n) is 2.89. The summed E-state index contributed by atoms with van der Waals surface area (Å²) in [6, 6.07) is 11.9. The van der Waals surface area contributed by atoms with Gasteiger partial charge in [0.1, 0.15) is 11.8 Å². The summed E-state index contributed by atoms with van der Waals surface area (Å²) in [6.45, 7) is 6.28. The molecule has 162 valence electrons. The number of ether oxygens (including phenoxy) is 1. The molecule has 0 aliphatic heterocycles. The highest BCUT2D eigenvalue weighted by molar-refractivity contribution is 6.35. The lowest BCUT2D eigenvalue weighted by Gasteiger charge is -2.29. The zero-order chi connectivity index (χ0) is 22.1. The third-order valence-electron chi connectivity index (χ3n) is 4.70. The van der Waals surface area contributed by atoms with E-state index in [4.69, 9.17) is 27.9 Å². The molecule has 0 saturated carbocycles. The number of carbonyl (C=O) groups excluding carboxylic acids is 2. The van der Waals surface area contributed by atoms with Crippen LogP contribution in [0.5, 0.6) is 5.75 Å². The molecular formula is C23H28Cl2N2O3. The van der Waals surface area contributed by atoms with Gasteiger partial charge in [0.25, 0.3) is 5.91 Å². The number of carbonyl (C=O) groups is 2. The fourth-order valence-corrected chi connectivity index (χ4v) is 3.35. The van der Waals surface area contributed by atoms with Crippen molar-refractivity contribution in [3.05, 3.63) is 63.6 Å². The Hall–Kier alpha value is -2.24. The van der Waals surface area contributed by atoms with E-state index in [0.29, 0.717) is 27.9 Å². The molecule has 1 atom stereocenters. The second kappa shape index (κ2) is 11.8. The smallest absolute Gasteiger partial charge is 0.261 e. The van der Waals surface area contributed by atoms with Crippen molar-refractivity contribution in [1.29, 1.82) is 0 Å². The summed E-state index contributed by atoms with van der Waals surface area (Å²) in [5.74, 6) is 0.0889. The van der Waals surface area contributed by atoms with Crippen LogP contribution in [-0.2, 0) is 16.1 Å². The monoisotopic (exact) mass is 450 g/mol. The molecule has 1 N–H and O–H groups in total. The predicted octanol–water partition coefficient (Wildman–Crippen LogP) is 5.01. The number of unbranched alkanes of at least 4 members (excludes halogenated alkanes) is 1. The van der Waals surface area contributed by atoms with Crippen LogP contribution in [0.1, 0.15) is 37.8 Å². The van der Waals surface area contributed by atoms with Gasteiger partial charge in [0, 0.05) is 23.1 Å². The first kappa shape index (κ1) is 24.0. The number of hydrogen-bond donors (Lipinski definition) is 1. The molecule has 0 unspecified atom stereocenters. The van der Waals surface area contributed by atoms with Crippen molar-refractivity contribution < 1.29 is 14.3 Å². The second-order valence-electron chi connectivity index (χ2n) is 7.18. The highest BCUT2D eigenvalue weighted by Gasteiger charge is 2.27. The third-order valence-corrected chi connectivity index (χ3v) is 5.29. The largest absolute Gasteiger partial charge is 0.484 e. The highest BCUT2D eigenvalue weighted by Crippen LogP contribution is 2.23. The van der Waals surface area contributed by atoms with Crippen LogP contribution in [0.15, 0.2) is 42.5 Å². The Balaban J connectivity index is 2.15. The van der Waals surface area contributed by atoms with Gasteiger partial charge >= 0.3 is 0 Å². The minimum absolute atomic E-state index is 0.175. The molecule has 0 aromatic heterocycles. The molecule has 0 bridgehead atoms. The Bertz CT molecular complexity index is 873. The van der Waals surface area contributed by atoms with E-state index in [0.717, 1.165) is 18.4 Å². The van der Waals surface area contributed by atoms with Gasteiger partial charge in [0.2, 0.25) is 5.91 Å². The van der Waals surface area contributed by atoms with Crippen molar-refractivity contribution >= 4 is 35.0 Å². The van der Waals surface area contributed by atoms with E-state index in [9.17, 15) is 9.59 Å². The molecule has 2 rings (SSSR count). The summed E-state index contributed by atoms with van der Waals surface area (Å²) in [6.07, 6.45) is 1.86. The molecule has 0 aliphatic rings. The average molecular weight is 451 g/mol. The molecule has 5 nitrogen and oxygen atoms in total. The lowest BCUT2D eigenvalue weighted by Crippen LogP contribution is -2.49. The van der Waals surface area contributed by atoms with Crippen molar-refractivity contribution in [2.24, 2.45) is 0 Å². The van der Waals surface area contributed by atoms with Crippen LogP contribution in [0.2, 0.25) is 10.0 Å². The maximum atomic E-state index is 13.0. The van der Waals surface area contributed by atoms with Crippen molar-refractivity contribution in [3.8, 4) is 5.75 Å². The van der Waals surface area contributed by atoms with Crippen LogP contribution in [0.25, 0.3) is 0 Å². The molecule has 0 saturated heterocycles. The first-order valence-corrected chi connectivity index (χ1v) is 10.8. The standard InChI is InChI=1S/C23H28Cl2N2O3/c1-4-5-11-26-23(29)17(3)27(14-18-9-10-19(24)13-21(18)25)22(28)15-30-20-8-6-7-16(2)12-20/h6-10,12-13,17H,4-5,11,14-15H2,1-3H3,(H,26,29)/t17-/m0/s1. The van der Waals surface area contributed by atoms with E-state index in [2.05, 4.69) is 12.2 Å². The zero-order valence-electron chi connectivity index (χ0n) is 17.6. The topological polar surface area (TPSA) is 58.6 Å². The van der Waals surface area contributed by atoms with Gasteiger partial charge in [-0.25, -0.2) is 0 Å². The number of benzene rings is 2. The molecule has 0 spiro atoms. The SMILES string of the molecule is CCCCNC(=O)[C@H](C)N(Cc1ccc(Cl)cc1Cl)C(=O)COc1cccc(C)c1. The van der Waals surface area contributed by atoms with E-state index in [1.165, 1.54) is 4.90 Å². The molecule has 0 radical (unpaired) electrons. The number of aryl methyl sites for hydroxylation is 1. The number of hydrogen-bond acceptors (Lipinski definition) is 3. The van der Waals surface area contributed by atoms with Gasteiger partial charge in [0.15, 0.2) is 6.61 Å². The Morgan fingerprint density at radius 3 is 2.60 bits per heavy atom. The number of halogens is 2. The second-order valence-corrected chi connectivity index (χ2v) is 8.03. The normalized spacial score (nSPS) is 11.6. The predicted molar refractivity (Wildman–Crippen MR) is 121 cm³/mol. The van der Waals surface area contributed by atoms with E-state index < -0.39 is 6.04 Å². The maximum Gasteiger partial charge on any atom is 0.261 e. The molecule has 2 aromatic carbocycles. The Kier molecular flexibility index (Phi) is 9.47. The van der Waals surface area contributed by atoms with E-state index >= 15 is 0 Å². The van der Waals surface area contributed by atoms with Crippen molar-refractivity contribution in [2.45, 2.75) is 46.2 Å². The van der Waals surface area contributed by atoms with E-state index in [-0.39, 0.29) is 25.0 Å². The van der Waals surface area contributed by atoms with E-state index in [1.54, 1.807) is 31.2 Å². The van der Waals surface area contributed by atoms with E-state index in [1.807, 2.05) is 25.1 Å². The number of nitrogens with one attached hydrogen (secondary N) is 1. The number of rotatable bonds is 10. The molecule has 0 heterocycles. The van der Waals surface area contributed by atoms with Crippen molar-refractivity contribution in [3.63, 3.8) is 0 Å². The Morgan fingerprint density at radius 1 is 1.17 bits per heavy atom. The van der Waals surface area contributed by atoms with Gasteiger partial charge in [-0.05, 0) is 55.7 Å². The summed E-state index contributed by atoms with van der Waals surface area (Å²) >= 11 is 12.3. The van der Waals surface area contributed by atoms with Crippen LogP contribution in [0, 0.1) is 6.92 Å². The van der Waals surface area contributed by atoms with Gasteiger partial charge in [-0.15, -0.1) is 0 Å². The van der Waals surface area contributed by atoms with Gasteiger partial charge in [-0.2, -0.15) is 0 Å². The fraction of sp³-hybridized carbons (Fsp3) is 0.391. The minimum Gasteiger partial charge on any atom is -0.484 e. The van der Waals surface area contributed by atoms with Gasteiger partial charge in [-0.3, -0.25) is 9.59 Å². The molecule has 0 fully saturated rings. The van der Waals surface area contributed by atoms with Crippen molar-refractivity contribution in [1.82, 2.24) is 10.2 Å².